The summed E-state index contributed by atoms with van der Waals surface area (Å²) < 4.78 is 13.9. The van der Waals surface area contributed by atoms with Gasteiger partial charge < -0.3 is 4.90 Å². The second kappa shape index (κ2) is 6.03. The van der Waals surface area contributed by atoms with Crippen molar-refractivity contribution >= 4 is 11.4 Å². The van der Waals surface area contributed by atoms with Crippen molar-refractivity contribution in [2.24, 2.45) is 5.92 Å². The Balaban J connectivity index is 2.00. The fourth-order valence-corrected chi connectivity index (χ4v) is 2.51. The number of piperazine rings is 1. The Labute approximate surface area is 114 Å². The average molecular weight is 261 g/mol. The molecule has 3 nitrogen and oxygen atoms in total. The summed E-state index contributed by atoms with van der Waals surface area (Å²) in [6, 6.07) is 4.73. The summed E-state index contributed by atoms with van der Waals surface area (Å²) in [5.74, 6) is 0.382. The van der Waals surface area contributed by atoms with E-state index in [2.05, 4.69) is 28.5 Å². The minimum atomic E-state index is -0.286. The van der Waals surface area contributed by atoms with Crippen LogP contribution < -0.4 is 4.90 Å². The lowest BCUT2D eigenvalue weighted by molar-refractivity contribution is 0.231. The highest BCUT2D eigenvalue weighted by Crippen LogP contribution is 2.25. The fourth-order valence-electron chi connectivity index (χ4n) is 2.51. The number of hydrogen-bond acceptors (Lipinski definition) is 2. The van der Waals surface area contributed by atoms with E-state index in [1.165, 1.54) is 6.07 Å². The molecule has 0 spiro atoms. The molecule has 1 saturated heterocycles. The Hall–Kier alpha value is -1.60. The van der Waals surface area contributed by atoms with E-state index in [1.54, 1.807) is 12.1 Å². The summed E-state index contributed by atoms with van der Waals surface area (Å²) in [6.07, 6.45) is 0. The summed E-state index contributed by atoms with van der Waals surface area (Å²) in [5.41, 5.74) is 0.983. The van der Waals surface area contributed by atoms with Crippen molar-refractivity contribution in [3.8, 4) is 0 Å². The number of anilines is 1. The van der Waals surface area contributed by atoms with Crippen molar-refractivity contribution in [1.29, 1.82) is 0 Å². The topological polar surface area (TPSA) is 10.8 Å². The molecule has 0 atom stereocenters. The number of nitrogens with zero attached hydrogens (tertiary/aromatic N) is 3. The highest BCUT2D eigenvalue weighted by Gasteiger charge is 2.19. The maximum absolute atomic E-state index is 13.9. The zero-order valence-corrected chi connectivity index (χ0v) is 11.6. The largest absolute Gasteiger partial charge is 0.367 e. The van der Waals surface area contributed by atoms with Crippen LogP contribution in [0.3, 0.4) is 0 Å². The molecule has 19 heavy (non-hydrogen) atoms. The van der Waals surface area contributed by atoms with Gasteiger partial charge in [0.15, 0.2) is 5.69 Å². The molecule has 0 bridgehead atoms. The quantitative estimate of drug-likeness (QED) is 0.774. The second-order valence-corrected chi connectivity index (χ2v) is 5.43. The van der Waals surface area contributed by atoms with E-state index in [0.717, 1.165) is 32.7 Å². The van der Waals surface area contributed by atoms with Gasteiger partial charge in [0, 0.05) is 32.7 Å². The molecule has 0 unspecified atom stereocenters. The third kappa shape index (κ3) is 3.45. The third-order valence-corrected chi connectivity index (χ3v) is 3.40. The van der Waals surface area contributed by atoms with Gasteiger partial charge in [-0.2, -0.15) is 0 Å². The first-order chi connectivity index (χ1) is 9.10. The molecule has 1 aromatic rings. The lowest BCUT2D eigenvalue weighted by Gasteiger charge is -2.37. The zero-order chi connectivity index (χ0) is 13.8. The van der Waals surface area contributed by atoms with E-state index in [9.17, 15) is 4.39 Å². The lowest BCUT2D eigenvalue weighted by Crippen LogP contribution is -2.47. The molecule has 1 aliphatic rings. The molecule has 0 amide bonds. The van der Waals surface area contributed by atoms with E-state index in [0.29, 0.717) is 17.3 Å². The van der Waals surface area contributed by atoms with Gasteiger partial charge in [0.2, 0.25) is 0 Å². The summed E-state index contributed by atoms with van der Waals surface area (Å²) >= 11 is 0. The van der Waals surface area contributed by atoms with Gasteiger partial charge >= 0.3 is 0 Å². The van der Waals surface area contributed by atoms with E-state index in [4.69, 9.17) is 6.57 Å². The van der Waals surface area contributed by atoms with Crippen LogP contribution in [0.25, 0.3) is 4.85 Å². The van der Waals surface area contributed by atoms with E-state index >= 15 is 0 Å². The summed E-state index contributed by atoms with van der Waals surface area (Å²) in [5, 5.41) is 0. The van der Waals surface area contributed by atoms with Crippen LogP contribution in [0.1, 0.15) is 13.8 Å². The maximum atomic E-state index is 13.9. The van der Waals surface area contributed by atoms with Crippen LogP contribution >= 0.6 is 0 Å². The van der Waals surface area contributed by atoms with Gasteiger partial charge in [-0.15, -0.1) is 0 Å². The Morgan fingerprint density at radius 3 is 2.47 bits per heavy atom. The summed E-state index contributed by atoms with van der Waals surface area (Å²) in [6.45, 7) is 16.1. The molecule has 1 heterocycles. The second-order valence-electron chi connectivity index (χ2n) is 5.43. The van der Waals surface area contributed by atoms with Crippen LogP contribution in [0.15, 0.2) is 18.2 Å². The Morgan fingerprint density at radius 1 is 1.26 bits per heavy atom. The molecule has 0 N–H and O–H groups in total. The lowest BCUT2D eigenvalue weighted by atomic mass is 10.1. The molecule has 0 radical (unpaired) electrons. The van der Waals surface area contributed by atoms with Crippen molar-refractivity contribution in [3.63, 3.8) is 0 Å². The van der Waals surface area contributed by atoms with Crippen LogP contribution in [-0.4, -0.2) is 37.6 Å². The minimum Gasteiger partial charge on any atom is -0.367 e. The molecule has 1 aromatic carbocycles. The van der Waals surface area contributed by atoms with Crippen molar-refractivity contribution in [1.82, 2.24) is 4.90 Å². The van der Waals surface area contributed by atoms with Crippen molar-refractivity contribution in [2.45, 2.75) is 13.8 Å². The number of halogens is 1. The Bertz CT molecular complexity index is 471. The molecule has 4 heteroatoms. The smallest absolute Gasteiger partial charge is 0.190 e. The van der Waals surface area contributed by atoms with Gasteiger partial charge in [0.05, 0.1) is 12.3 Å². The number of hydrogen-bond donors (Lipinski definition) is 0. The van der Waals surface area contributed by atoms with E-state index in [1.807, 2.05) is 0 Å². The summed E-state index contributed by atoms with van der Waals surface area (Å²) in [4.78, 5) is 7.74. The van der Waals surface area contributed by atoms with Crippen molar-refractivity contribution in [3.05, 3.63) is 35.4 Å². The van der Waals surface area contributed by atoms with Gasteiger partial charge in [-0.05, 0) is 18.1 Å². The Kier molecular flexibility index (Phi) is 4.39. The molecule has 0 saturated carbocycles. The molecular formula is C15H20FN3. The molecule has 2 rings (SSSR count). The SMILES string of the molecule is [C-]#[N+]c1ccc(N2CCN(CC(C)C)CC2)c(F)c1. The van der Waals surface area contributed by atoms with Crippen molar-refractivity contribution in [2.75, 3.05) is 37.6 Å². The highest BCUT2D eigenvalue weighted by atomic mass is 19.1. The van der Waals surface area contributed by atoms with Gasteiger partial charge in [-0.1, -0.05) is 19.9 Å². The van der Waals surface area contributed by atoms with Gasteiger partial charge in [0.1, 0.15) is 5.82 Å². The minimum absolute atomic E-state index is 0.286. The van der Waals surface area contributed by atoms with E-state index in [-0.39, 0.29) is 5.82 Å². The summed E-state index contributed by atoms with van der Waals surface area (Å²) in [7, 11) is 0. The normalized spacial score (nSPS) is 16.7. The van der Waals surface area contributed by atoms with E-state index < -0.39 is 0 Å². The highest BCUT2D eigenvalue weighted by molar-refractivity contribution is 5.57. The zero-order valence-electron chi connectivity index (χ0n) is 11.6. The first kappa shape index (κ1) is 13.8. The first-order valence-corrected chi connectivity index (χ1v) is 6.74. The first-order valence-electron chi connectivity index (χ1n) is 6.74. The standard InChI is InChI=1S/C15H20FN3/c1-12(2)11-18-6-8-19(9-7-18)15-5-4-13(17-3)10-14(15)16/h4-5,10,12H,6-9,11H2,1-2H3. The predicted octanol–water partition coefficient (Wildman–Crippen LogP) is 3.15. The number of rotatable bonds is 3. The molecule has 1 fully saturated rings. The molecule has 102 valence electrons. The molecule has 0 aromatic heterocycles. The van der Waals surface area contributed by atoms with Crippen LogP contribution in [0.4, 0.5) is 15.8 Å². The maximum Gasteiger partial charge on any atom is 0.190 e. The average Bonchev–Trinajstić information content (AvgIpc) is 2.39. The van der Waals surface area contributed by atoms with Gasteiger partial charge in [-0.3, -0.25) is 4.90 Å². The predicted molar refractivity (Wildman–Crippen MR) is 76.2 cm³/mol. The third-order valence-electron chi connectivity index (χ3n) is 3.40. The van der Waals surface area contributed by atoms with Gasteiger partial charge in [0.25, 0.3) is 0 Å². The van der Waals surface area contributed by atoms with Crippen molar-refractivity contribution < 1.29 is 4.39 Å². The number of benzene rings is 1. The molecule has 0 aliphatic carbocycles. The fraction of sp³-hybridized carbons (Fsp3) is 0.533. The van der Waals surface area contributed by atoms with Crippen LogP contribution in [0.2, 0.25) is 0 Å². The van der Waals surface area contributed by atoms with Gasteiger partial charge in [-0.25, -0.2) is 9.24 Å². The Morgan fingerprint density at radius 2 is 1.95 bits per heavy atom. The monoisotopic (exact) mass is 261 g/mol. The van der Waals surface area contributed by atoms with Crippen LogP contribution in [-0.2, 0) is 0 Å². The van der Waals surface area contributed by atoms with Crippen LogP contribution in [0.5, 0.6) is 0 Å². The molecule has 1 aliphatic heterocycles. The van der Waals surface area contributed by atoms with Crippen LogP contribution in [0, 0.1) is 18.3 Å². The molecular weight excluding hydrogens is 241 g/mol.